The first-order chi connectivity index (χ1) is 16.5. The first kappa shape index (κ1) is 24.3. The summed E-state index contributed by atoms with van der Waals surface area (Å²) in [4.78, 5) is 28.7. The Kier molecular flexibility index (Phi) is 8.21. The minimum atomic E-state index is -0.0206. The van der Waals surface area contributed by atoms with E-state index in [4.69, 9.17) is 9.97 Å². The summed E-state index contributed by atoms with van der Waals surface area (Å²) in [5.74, 6) is 3.04. The van der Waals surface area contributed by atoms with Gasteiger partial charge in [-0.05, 0) is 68.0 Å². The van der Waals surface area contributed by atoms with Crippen molar-refractivity contribution in [3.8, 4) is 0 Å². The van der Waals surface area contributed by atoms with E-state index in [1.54, 1.807) is 18.0 Å². The minimum Gasteiger partial charge on any atom is -0.362 e. The third-order valence-electron chi connectivity index (χ3n) is 6.20. The van der Waals surface area contributed by atoms with Crippen molar-refractivity contribution in [2.75, 3.05) is 36.6 Å². The molecule has 0 bridgehead atoms. The van der Waals surface area contributed by atoms with Crippen LogP contribution in [-0.2, 0) is 0 Å². The van der Waals surface area contributed by atoms with Crippen molar-refractivity contribution in [2.24, 2.45) is 5.92 Å². The van der Waals surface area contributed by atoms with Gasteiger partial charge in [0.2, 0.25) is 5.95 Å². The molecule has 0 radical (unpaired) electrons. The van der Waals surface area contributed by atoms with Crippen molar-refractivity contribution in [3.05, 3.63) is 48.2 Å². The quantitative estimate of drug-likeness (QED) is 0.419. The lowest BCUT2D eigenvalue weighted by atomic mass is 9.86. The average molecular weight is 479 g/mol. The number of fused-ring (bicyclic) bond motifs is 1. The Balaban J connectivity index is 1.30. The van der Waals surface area contributed by atoms with Crippen LogP contribution in [0.15, 0.2) is 47.6 Å². The standard InChI is InChI=1S/C26H34N6OS/c1-4-16-34-25-21(9-7-15-27-25)24(33)28-17-18-11-13-19(14-12-18)29-26-30-22-10-6-5-8-20(22)23(31-26)32(2)3/h5-10,15,18-19H,4,11-14,16-17H2,1-3H3,(H,28,33)(H,29,30,31)/t18-,19+. The molecule has 1 aliphatic rings. The van der Waals surface area contributed by atoms with Gasteiger partial charge in [-0.25, -0.2) is 9.97 Å². The number of rotatable bonds is 9. The zero-order chi connectivity index (χ0) is 23.9. The molecule has 3 aromatic rings. The van der Waals surface area contributed by atoms with Gasteiger partial charge in [0.1, 0.15) is 10.8 Å². The molecule has 180 valence electrons. The Morgan fingerprint density at radius 2 is 1.88 bits per heavy atom. The Morgan fingerprint density at radius 3 is 2.65 bits per heavy atom. The van der Waals surface area contributed by atoms with E-state index in [-0.39, 0.29) is 5.91 Å². The van der Waals surface area contributed by atoms with Gasteiger partial charge in [0.15, 0.2) is 0 Å². The first-order valence-corrected chi connectivity index (χ1v) is 13.1. The number of carbonyl (C=O) groups is 1. The maximum absolute atomic E-state index is 12.8. The molecule has 2 heterocycles. The highest BCUT2D eigenvalue weighted by Crippen LogP contribution is 2.28. The van der Waals surface area contributed by atoms with Gasteiger partial charge in [-0.2, -0.15) is 4.98 Å². The highest BCUT2D eigenvalue weighted by molar-refractivity contribution is 7.99. The second-order valence-electron chi connectivity index (χ2n) is 9.06. The lowest BCUT2D eigenvalue weighted by molar-refractivity contribution is 0.0939. The predicted octanol–water partition coefficient (Wildman–Crippen LogP) is 4.99. The van der Waals surface area contributed by atoms with Gasteiger partial charge in [0.25, 0.3) is 5.91 Å². The number of nitrogens with one attached hydrogen (secondary N) is 2. The molecule has 2 N–H and O–H groups in total. The molecule has 0 saturated heterocycles. The predicted molar refractivity (Wildman–Crippen MR) is 141 cm³/mol. The molecule has 1 aromatic carbocycles. The molecule has 0 aliphatic heterocycles. The SMILES string of the molecule is CCCSc1ncccc1C(=O)NC[C@H]1CC[C@@H](Nc2nc(N(C)C)c3ccccc3n2)CC1. The molecule has 1 amide bonds. The van der Waals surface area contributed by atoms with Crippen LogP contribution in [0.5, 0.6) is 0 Å². The zero-order valence-corrected chi connectivity index (χ0v) is 21.1. The molecule has 0 atom stereocenters. The van der Waals surface area contributed by atoms with Gasteiger partial charge in [0.05, 0.1) is 11.1 Å². The number of nitrogens with zero attached hydrogens (tertiary/aromatic N) is 4. The highest BCUT2D eigenvalue weighted by atomic mass is 32.2. The highest BCUT2D eigenvalue weighted by Gasteiger charge is 2.23. The molecule has 0 unspecified atom stereocenters. The maximum atomic E-state index is 12.8. The Hall–Kier alpha value is -2.87. The summed E-state index contributed by atoms with van der Waals surface area (Å²) < 4.78 is 0. The first-order valence-electron chi connectivity index (χ1n) is 12.1. The number of amides is 1. The Morgan fingerprint density at radius 1 is 1.09 bits per heavy atom. The lowest BCUT2D eigenvalue weighted by Gasteiger charge is -2.29. The Bertz CT molecular complexity index is 1110. The number of carbonyl (C=O) groups excluding carboxylic acids is 1. The van der Waals surface area contributed by atoms with E-state index in [1.165, 1.54) is 0 Å². The fourth-order valence-electron chi connectivity index (χ4n) is 4.37. The molecule has 1 fully saturated rings. The Labute approximate surface area is 206 Å². The van der Waals surface area contributed by atoms with Crippen LogP contribution in [0.2, 0.25) is 0 Å². The van der Waals surface area contributed by atoms with Crippen molar-refractivity contribution in [3.63, 3.8) is 0 Å². The maximum Gasteiger partial charge on any atom is 0.254 e. The van der Waals surface area contributed by atoms with Crippen LogP contribution < -0.4 is 15.5 Å². The van der Waals surface area contributed by atoms with Gasteiger partial charge in [-0.15, -0.1) is 11.8 Å². The number of hydrogen-bond donors (Lipinski definition) is 2. The van der Waals surface area contributed by atoms with E-state index in [1.807, 2.05) is 49.3 Å². The second-order valence-corrected chi connectivity index (χ2v) is 10.1. The third-order valence-corrected chi connectivity index (χ3v) is 7.41. The van der Waals surface area contributed by atoms with E-state index < -0.39 is 0 Å². The smallest absolute Gasteiger partial charge is 0.254 e. The molecule has 7 nitrogen and oxygen atoms in total. The van der Waals surface area contributed by atoms with E-state index >= 15 is 0 Å². The normalized spacial score (nSPS) is 18.0. The molecule has 1 saturated carbocycles. The fourth-order valence-corrected chi connectivity index (χ4v) is 5.22. The zero-order valence-electron chi connectivity index (χ0n) is 20.3. The molecule has 2 aromatic heterocycles. The molecule has 34 heavy (non-hydrogen) atoms. The number of thioether (sulfide) groups is 1. The van der Waals surface area contributed by atoms with Gasteiger partial charge in [0, 0.05) is 38.3 Å². The second kappa shape index (κ2) is 11.5. The monoisotopic (exact) mass is 478 g/mol. The van der Waals surface area contributed by atoms with Crippen LogP contribution in [0.3, 0.4) is 0 Å². The summed E-state index contributed by atoms with van der Waals surface area (Å²) in [6.45, 7) is 2.84. The largest absolute Gasteiger partial charge is 0.362 e. The summed E-state index contributed by atoms with van der Waals surface area (Å²) in [6.07, 6.45) is 7.02. The molecular weight excluding hydrogens is 444 g/mol. The third kappa shape index (κ3) is 5.97. The number of pyridine rings is 1. The summed E-state index contributed by atoms with van der Waals surface area (Å²) >= 11 is 1.65. The van der Waals surface area contributed by atoms with Crippen LogP contribution in [0, 0.1) is 5.92 Å². The number of hydrogen-bond acceptors (Lipinski definition) is 7. The van der Waals surface area contributed by atoms with Gasteiger partial charge in [-0.1, -0.05) is 19.1 Å². The minimum absolute atomic E-state index is 0.0206. The van der Waals surface area contributed by atoms with Gasteiger partial charge >= 0.3 is 0 Å². The van der Waals surface area contributed by atoms with E-state index in [0.29, 0.717) is 30.0 Å². The van der Waals surface area contributed by atoms with Crippen LogP contribution in [0.25, 0.3) is 10.9 Å². The number of benzene rings is 1. The van der Waals surface area contributed by atoms with Crippen molar-refractivity contribution in [1.82, 2.24) is 20.3 Å². The van der Waals surface area contributed by atoms with E-state index in [9.17, 15) is 4.79 Å². The van der Waals surface area contributed by atoms with Gasteiger partial charge in [-0.3, -0.25) is 4.79 Å². The van der Waals surface area contributed by atoms with Crippen molar-refractivity contribution in [2.45, 2.75) is 50.1 Å². The van der Waals surface area contributed by atoms with Crippen LogP contribution >= 0.6 is 11.8 Å². The van der Waals surface area contributed by atoms with Crippen LogP contribution in [0.4, 0.5) is 11.8 Å². The molecule has 0 spiro atoms. The summed E-state index contributed by atoms with van der Waals surface area (Å²) in [5, 5.41) is 8.59. The summed E-state index contributed by atoms with van der Waals surface area (Å²) in [5.41, 5.74) is 1.63. The fraction of sp³-hybridized carbons (Fsp3) is 0.462. The topological polar surface area (TPSA) is 83.0 Å². The number of aromatic nitrogens is 3. The van der Waals surface area contributed by atoms with E-state index in [2.05, 4.69) is 28.6 Å². The lowest BCUT2D eigenvalue weighted by Crippen LogP contribution is -2.34. The van der Waals surface area contributed by atoms with Crippen LogP contribution in [0.1, 0.15) is 49.4 Å². The van der Waals surface area contributed by atoms with Crippen LogP contribution in [-0.4, -0.2) is 53.3 Å². The van der Waals surface area contributed by atoms with Crippen molar-refractivity contribution >= 4 is 40.3 Å². The van der Waals surface area contributed by atoms with Gasteiger partial charge < -0.3 is 15.5 Å². The summed E-state index contributed by atoms with van der Waals surface area (Å²) in [7, 11) is 4.02. The molecular formula is C26H34N6OS. The van der Waals surface area contributed by atoms with Crippen molar-refractivity contribution in [1.29, 1.82) is 0 Å². The van der Waals surface area contributed by atoms with Crippen molar-refractivity contribution < 1.29 is 4.79 Å². The molecule has 8 heteroatoms. The van der Waals surface area contributed by atoms with E-state index in [0.717, 1.165) is 59.6 Å². The average Bonchev–Trinajstić information content (AvgIpc) is 2.86. The molecule has 4 rings (SSSR count). The summed E-state index contributed by atoms with van der Waals surface area (Å²) in [6, 6.07) is 12.2. The number of para-hydroxylation sites is 1. The number of anilines is 2. The molecule has 1 aliphatic carbocycles.